The summed E-state index contributed by atoms with van der Waals surface area (Å²) in [6.07, 6.45) is 0. The van der Waals surface area contributed by atoms with Crippen molar-refractivity contribution in [2.45, 2.75) is 0 Å². The summed E-state index contributed by atoms with van der Waals surface area (Å²) in [6.45, 7) is 0. The van der Waals surface area contributed by atoms with Crippen LogP contribution in [-0.4, -0.2) is 0 Å². The predicted molar refractivity (Wildman–Crippen MR) is 212 cm³/mol. The molecule has 0 fully saturated rings. The van der Waals surface area contributed by atoms with Crippen LogP contribution in [-0.2, 0) is 0 Å². The minimum Gasteiger partial charge on any atom is -0.456 e. The van der Waals surface area contributed by atoms with Gasteiger partial charge in [-0.05, 0) is 97.0 Å². The molecule has 0 amide bonds. The fourth-order valence-corrected chi connectivity index (χ4v) is 7.64. The number of furan rings is 1. The molecule has 10 aromatic rings. The molecule has 2 nitrogen and oxygen atoms in total. The number of hydrogen-bond acceptors (Lipinski definition) is 2. The van der Waals surface area contributed by atoms with E-state index >= 15 is 0 Å². The topological polar surface area (TPSA) is 16.4 Å². The van der Waals surface area contributed by atoms with Gasteiger partial charge in [0.1, 0.15) is 11.2 Å². The molecule has 0 unspecified atom stereocenters. The number of nitrogens with zero attached hydrogens (tertiary/aromatic N) is 1. The molecule has 0 aliphatic heterocycles. The van der Waals surface area contributed by atoms with E-state index in [9.17, 15) is 0 Å². The van der Waals surface area contributed by atoms with Crippen LogP contribution in [0.3, 0.4) is 0 Å². The Kier molecular flexibility index (Phi) is 6.53. The van der Waals surface area contributed by atoms with Gasteiger partial charge in [-0.15, -0.1) is 0 Å². The maximum Gasteiger partial charge on any atom is 0.137 e. The van der Waals surface area contributed by atoms with E-state index in [-0.39, 0.29) is 0 Å². The van der Waals surface area contributed by atoms with Gasteiger partial charge in [-0.1, -0.05) is 140 Å². The summed E-state index contributed by atoms with van der Waals surface area (Å²) < 4.78 is 6.39. The first kappa shape index (κ1) is 28.4. The molecule has 234 valence electrons. The van der Waals surface area contributed by atoms with Gasteiger partial charge in [0.2, 0.25) is 0 Å². The molecule has 0 atom stereocenters. The van der Waals surface area contributed by atoms with Crippen molar-refractivity contribution < 1.29 is 4.42 Å². The van der Waals surface area contributed by atoms with Crippen molar-refractivity contribution in [2.24, 2.45) is 0 Å². The molecule has 0 bridgehead atoms. The van der Waals surface area contributed by atoms with Gasteiger partial charge < -0.3 is 9.32 Å². The van der Waals surface area contributed by atoms with E-state index in [0.29, 0.717) is 0 Å². The highest BCUT2D eigenvalue weighted by molar-refractivity contribution is 6.18. The molecule has 0 aliphatic rings. The van der Waals surface area contributed by atoms with Crippen LogP contribution in [0.5, 0.6) is 0 Å². The Morgan fingerprint density at radius 3 is 1.62 bits per heavy atom. The lowest BCUT2D eigenvalue weighted by Crippen LogP contribution is -2.09. The summed E-state index contributed by atoms with van der Waals surface area (Å²) in [7, 11) is 0. The van der Waals surface area contributed by atoms with Gasteiger partial charge >= 0.3 is 0 Å². The first-order valence-electron chi connectivity index (χ1n) is 17.1. The van der Waals surface area contributed by atoms with Crippen molar-refractivity contribution in [1.82, 2.24) is 0 Å². The Labute approximate surface area is 290 Å². The summed E-state index contributed by atoms with van der Waals surface area (Å²) in [5, 5.41) is 9.75. The largest absolute Gasteiger partial charge is 0.456 e. The maximum absolute atomic E-state index is 6.39. The van der Waals surface area contributed by atoms with Gasteiger partial charge in [0.15, 0.2) is 0 Å². The number of benzene rings is 9. The van der Waals surface area contributed by atoms with Crippen LogP contribution in [0.1, 0.15) is 0 Å². The van der Waals surface area contributed by atoms with Gasteiger partial charge in [-0.2, -0.15) is 0 Å². The fraction of sp³-hybridized carbons (Fsp3) is 0. The van der Waals surface area contributed by atoms with Gasteiger partial charge in [-0.3, -0.25) is 0 Å². The normalized spacial score (nSPS) is 11.6. The first-order chi connectivity index (χ1) is 24.8. The highest BCUT2D eigenvalue weighted by Crippen LogP contribution is 2.42. The lowest BCUT2D eigenvalue weighted by Gasteiger charge is -2.26. The van der Waals surface area contributed by atoms with Crippen LogP contribution in [0.4, 0.5) is 17.1 Å². The molecule has 0 radical (unpaired) electrons. The maximum atomic E-state index is 6.39. The Morgan fingerprint density at radius 2 is 0.820 bits per heavy atom. The number of para-hydroxylation sites is 1. The second-order valence-corrected chi connectivity index (χ2v) is 12.9. The first-order valence-corrected chi connectivity index (χ1v) is 17.1. The molecule has 50 heavy (non-hydrogen) atoms. The Morgan fingerprint density at radius 1 is 0.300 bits per heavy atom. The van der Waals surface area contributed by atoms with Gasteiger partial charge in [0.05, 0.1) is 0 Å². The zero-order valence-electron chi connectivity index (χ0n) is 27.3. The second-order valence-electron chi connectivity index (χ2n) is 12.9. The van der Waals surface area contributed by atoms with Crippen LogP contribution in [0, 0.1) is 0 Å². The van der Waals surface area contributed by atoms with Crippen molar-refractivity contribution >= 4 is 71.3 Å². The Bertz CT molecular complexity index is 2870. The third kappa shape index (κ3) is 4.65. The van der Waals surface area contributed by atoms with Crippen LogP contribution in [0.25, 0.3) is 76.5 Å². The number of fused-ring (bicyclic) bond motifs is 8. The molecule has 2 heteroatoms. The highest BCUT2D eigenvalue weighted by atomic mass is 16.3. The lowest BCUT2D eigenvalue weighted by molar-refractivity contribution is 0.669. The zero-order chi connectivity index (χ0) is 33.0. The van der Waals surface area contributed by atoms with Crippen molar-refractivity contribution in [2.75, 3.05) is 4.90 Å². The second kappa shape index (κ2) is 11.5. The van der Waals surface area contributed by atoms with Crippen molar-refractivity contribution in [3.8, 4) is 22.3 Å². The van der Waals surface area contributed by atoms with Crippen LogP contribution >= 0.6 is 0 Å². The van der Waals surface area contributed by atoms with Crippen LogP contribution in [0.2, 0.25) is 0 Å². The molecule has 9 aromatic carbocycles. The molecule has 0 N–H and O–H groups in total. The molecule has 10 rings (SSSR count). The molecular formula is C48H31NO. The van der Waals surface area contributed by atoms with Gasteiger partial charge in [-0.25, -0.2) is 0 Å². The summed E-state index contributed by atoms with van der Waals surface area (Å²) in [5.74, 6) is 0. The molecule has 0 spiro atoms. The number of anilines is 3. The van der Waals surface area contributed by atoms with Crippen molar-refractivity contribution in [3.05, 3.63) is 188 Å². The van der Waals surface area contributed by atoms with E-state index < -0.39 is 0 Å². The summed E-state index contributed by atoms with van der Waals surface area (Å²) in [6, 6.07) is 67.5. The van der Waals surface area contributed by atoms with E-state index in [4.69, 9.17) is 4.42 Å². The van der Waals surface area contributed by atoms with E-state index in [1.54, 1.807) is 0 Å². The predicted octanol–water partition coefficient (Wildman–Crippen LogP) is 13.8. The average molecular weight is 638 g/mol. The van der Waals surface area contributed by atoms with Crippen LogP contribution in [0.15, 0.2) is 192 Å². The molecule has 0 saturated carbocycles. The third-order valence-corrected chi connectivity index (χ3v) is 10.1. The Hall–Kier alpha value is -6.64. The Balaban J connectivity index is 1.15. The summed E-state index contributed by atoms with van der Waals surface area (Å²) in [4.78, 5) is 2.35. The zero-order valence-corrected chi connectivity index (χ0v) is 27.3. The molecule has 0 aliphatic carbocycles. The van der Waals surface area contributed by atoms with Crippen LogP contribution < -0.4 is 4.90 Å². The fourth-order valence-electron chi connectivity index (χ4n) is 7.64. The standard InChI is InChI=1S/C48H31NO/c1-2-10-32(11-3-1)39-13-6-7-14-40(39)34-18-23-36(24-19-34)49(38-26-29-45-44-16-8-9-17-47(44)50-48(45)31-38)37-25-20-35-22-27-42-41-15-5-4-12-33(41)21-28-43(42)46(35)30-37/h1-31H. The smallest absolute Gasteiger partial charge is 0.137 e. The summed E-state index contributed by atoms with van der Waals surface area (Å²) >= 11 is 0. The third-order valence-electron chi connectivity index (χ3n) is 10.1. The molecule has 0 saturated heterocycles. The minimum absolute atomic E-state index is 0.875. The van der Waals surface area contributed by atoms with E-state index in [0.717, 1.165) is 39.0 Å². The monoisotopic (exact) mass is 637 g/mol. The number of hydrogen-bond donors (Lipinski definition) is 0. The minimum atomic E-state index is 0.875. The van der Waals surface area contributed by atoms with E-state index in [1.165, 1.54) is 54.6 Å². The number of rotatable bonds is 5. The van der Waals surface area contributed by atoms with Gasteiger partial charge in [0.25, 0.3) is 0 Å². The van der Waals surface area contributed by atoms with Gasteiger partial charge in [0, 0.05) is 33.9 Å². The molecule has 1 aromatic heterocycles. The average Bonchev–Trinajstić information content (AvgIpc) is 3.56. The van der Waals surface area contributed by atoms with E-state index in [1.807, 2.05) is 12.1 Å². The SMILES string of the molecule is c1ccc(-c2ccccc2-c2ccc(N(c3ccc4c(c3)oc3ccccc34)c3ccc4ccc5c6ccccc6ccc5c4c3)cc2)cc1. The highest BCUT2D eigenvalue weighted by Gasteiger charge is 2.17. The molecule has 1 heterocycles. The molecular weight excluding hydrogens is 607 g/mol. The summed E-state index contributed by atoms with van der Waals surface area (Å²) in [5.41, 5.74) is 9.81. The van der Waals surface area contributed by atoms with E-state index in [2.05, 4.69) is 181 Å². The lowest BCUT2D eigenvalue weighted by atomic mass is 9.94. The van der Waals surface area contributed by atoms with Crippen molar-refractivity contribution in [1.29, 1.82) is 0 Å². The quantitative estimate of drug-likeness (QED) is 0.175. The van der Waals surface area contributed by atoms with Crippen molar-refractivity contribution in [3.63, 3.8) is 0 Å².